The fraction of sp³-hybridized carbons (Fsp3) is 0.700. The average molecular weight is 336 g/mol. The summed E-state index contributed by atoms with van der Waals surface area (Å²) in [6.07, 6.45) is 14.9. The van der Waals surface area contributed by atoms with Gasteiger partial charge in [-0.2, -0.15) is 0 Å². The van der Waals surface area contributed by atoms with Crippen molar-refractivity contribution in [3.8, 4) is 0 Å². The minimum atomic E-state index is -0.758. The lowest BCUT2D eigenvalue weighted by molar-refractivity contribution is -0.137. The zero-order valence-electron chi connectivity index (χ0n) is 14.9. The van der Waals surface area contributed by atoms with E-state index in [0.717, 1.165) is 37.7 Å². The van der Waals surface area contributed by atoms with E-state index in [0.29, 0.717) is 6.42 Å². The number of rotatable bonds is 12. The Morgan fingerprint density at radius 2 is 1.83 bits per heavy atom. The second-order valence-electron chi connectivity index (χ2n) is 6.65. The van der Waals surface area contributed by atoms with Gasteiger partial charge in [0.25, 0.3) is 0 Å². The maximum absolute atomic E-state index is 12.0. The van der Waals surface area contributed by atoms with Crippen LogP contribution >= 0.6 is 0 Å². The quantitative estimate of drug-likeness (QED) is 0.314. The maximum atomic E-state index is 12.0. The highest BCUT2D eigenvalue weighted by Gasteiger charge is 2.34. The van der Waals surface area contributed by atoms with Gasteiger partial charge in [-0.05, 0) is 32.1 Å². The number of aliphatic hydroxyl groups excluding tert-OH is 1. The van der Waals surface area contributed by atoms with Gasteiger partial charge >= 0.3 is 5.97 Å². The third kappa shape index (κ3) is 7.91. The van der Waals surface area contributed by atoms with Crippen molar-refractivity contribution in [1.82, 2.24) is 0 Å². The standard InChI is InChI=1S/C20H32O4/c1-2-3-4-5-6-9-12-16-17(19(22)15-18(16)21)13-10-7-8-11-14-20(23)24/h9,12-13,16,18,21H,2-8,10-11,14-15H2,1H3,(H,23,24)/b12-9+,17-13+/t16?,18-/m0/s1. The third-order valence-corrected chi connectivity index (χ3v) is 4.52. The largest absolute Gasteiger partial charge is 0.481 e. The van der Waals surface area contributed by atoms with E-state index in [-0.39, 0.29) is 24.5 Å². The number of Topliss-reactive ketones (excluding diaryl/α,β-unsaturated/α-hetero) is 1. The van der Waals surface area contributed by atoms with Crippen molar-refractivity contribution in [1.29, 1.82) is 0 Å². The second-order valence-corrected chi connectivity index (χ2v) is 6.65. The van der Waals surface area contributed by atoms with Gasteiger partial charge in [-0.25, -0.2) is 0 Å². The van der Waals surface area contributed by atoms with Gasteiger partial charge in [0.2, 0.25) is 0 Å². The number of unbranched alkanes of at least 4 members (excludes halogenated alkanes) is 7. The van der Waals surface area contributed by atoms with E-state index in [4.69, 9.17) is 5.11 Å². The molecule has 1 aliphatic carbocycles. The monoisotopic (exact) mass is 336 g/mol. The maximum Gasteiger partial charge on any atom is 0.303 e. The van der Waals surface area contributed by atoms with E-state index in [2.05, 4.69) is 13.0 Å². The molecule has 0 spiro atoms. The number of hydrogen-bond acceptors (Lipinski definition) is 3. The van der Waals surface area contributed by atoms with Crippen LogP contribution in [0, 0.1) is 5.92 Å². The summed E-state index contributed by atoms with van der Waals surface area (Å²) in [5.74, 6) is -0.872. The van der Waals surface area contributed by atoms with Crippen LogP contribution in [0.3, 0.4) is 0 Å². The van der Waals surface area contributed by atoms with E-state index in [1.54, 1.807) is 0 Å². The third-order valence-electron chi connectivity index (χ3n) is 4.52. The van der Waals surface area contributed by atoms with Crippen molar-refractivity contribution in [3.63, 3.8) is 0 Å². The molecule has 1 saturated carbocycles. The van der Waals surface area contributed by atoms with E-state index < -0.39 is 12.1 Å². The van der Waals surface area contributed by atoms with Gasteiger partial charge in [0, 0.05) is 24.3 Å². The van der Waals surface area contributed by atoms with Gasteiger partial charge in [-0.15, -0.1) is 0 Å². The average Bonchev–Trinajstić information content (AvgIpc) is 2.80. The van der Waals surface area contributed by atoms with Gasteiger partial charge in [-0.3, -0.25) is 9.59 Å². The lowest BCUT2D eigenvalue weighted by atomic mass is 9.97. The summed E-state index contributed by atoms with van der Waals surface area (Å²) in [5.41, 5.74) is 0.741. The van der Waals surface area contributed by atoms with Gasteiger partial charge < -0.3 is 10.2 Å². The fourth-order valence-electron chi connectivity index (χ4n) is 3.10. The zero-order chi connectivity index (χ0) is 17.8. The summed E-state index contributed by atoms with van der Waals surface area (Å²) in [7, 11) is 0. The number of carbonyl (C=O) groups excluding carboxylic acids is 1. The zero-order valence-corrected chi connectivity index (χ0v) is 14.9. The first-order chi connectivity index (χ1) is 11.6. The summed E-state index contributed by atoms with van der Waals surface area (Å²) < 4.78 is 0. The molecule has 0 aromatic carbocycles. The van der Waals surface area contributed by atoms with E-state index in [1.165, 1.54) is 19.3 Å². The molecule has 0 heterocycles. The van der Waals surface area contributed by atoms with Crippen LogP contribution < -0.4 is 0 Å². The van der Waals surface area contributed by atoms with E-state index >= 15 is 0 Å². The number of hydrogen-bond donors (Lipinski definition) is 2. The minimum Gasteiger partial charge on any atom is -0.481 e. The number of carboxylic acid groups (broad SMARTS) is 1. The van der Waals surface area contributed by atoms with Crippen LogP contribution in [0.25, 0.3) is 0 Å². The molecule has 0 bridgehead atoms. The Hall–Kier alpha value is -1.42. The van der Waals surface area contributed by atoms with Crippen molar-refractivity contribution < 1.29 is 19.8 Å². The molecule has 2 N–H and O–H groups in total. The Morgan fingerprint density at radius 1 is 1.12 bits per heavy atom. The Bertz CT molecular complexity index is 451. The van der Waals surface area contributed by atoms with E-state index in [1.807, 2.05) is 12.2 Å². The molecule has 1 fully saturated rings. The van der Waals surface area contributed by atoms with Crippen molar-refractivity contribution in [3.05, 3.63) is 23.8 Å². The molecule has 4 nitrogen and oxygen atoms in total. The van der Waals surface area contributed by atoms with Crippen LogP contribution in [0.2, 0.25) is 0 Å². The molecule has 2 atom stereocenters. The number of aliphatic hydroxyl groups is 1. The molecule has 1 aliphatic rings. The number of carboxylic acids is 1. The number of carbonyl (C=O) groups is 2. The molecule has 0 radical (unpaired) electrons. The lowest BCUT2D eigenvalue weighted by Crippen LogP contribution is -2.11. The molecule has 136 valence electrons. The smallest absolute Gasteiger partial charge is 0.303 e. The van der Waals surface area contributed by atoms with Crippen LogP contribution in [0.5, 0.6) is 0 Å². The summed E-state index contributed by atoms with van der Waals surface area (Å²) in [6, 6.07) is 0. The molecule has 0 aromatic heterocycles. The number of allylic oxidation sites excluding steroid dienone is 2. The lowest BCUT2D eigenvalue weighted by Gasteiger charge is -2.10. The normalized spacial score (nSPS) is 22.8. The minimum absolute atomic E-state index is 0.0497. The van der Waals surface area contributed by atoms with Crippen LogP contribution in [-0.4, -0.2) is 28.1 Å². The molecule has 0 aliphatic heterocycles. The first-order valence-corrected chi connectivity index (χ1v) is 9.36. The Kier molecular flexibility index (Phi) is 10.3. The van der Waals surface area contributed by atoms with Crippen LogP contribution in [0.4, 0.5) is 0 Å². The van der Waals surface area contributed by atoms with E-state index in [9.17, 15) is 14.7 Å². The summed E-state index contributed by atoms with van der Waals surface area (Å²) in [6.45, 7) is 2.19. The Balaban J connectivity index is 2.41. The fourth-order valence-corrected chi connectivity index (χ4v) is 3.10. The van der Waals surface area contributed by atoms with Crippen LogP contribution in [0.1, 0.15) is 77.6 Å². The summed E-state index contributed by atoms with van der Waals surface area (Å²) in [4.78, 5) is 22.5. The highest BCUT2D eigenvalue weighted by atomic mass is 16.4. The van der Waals surface area contributed by atoms with Gasteiger partial charge in [0.15, 0.2) is 5.78 Å². The van der Waals surface area contributed by atoms with Gasteiger partial charge in [0.1, 0.15) is 0 Å². The predicted molar refractivity (Wildman–Crippen MR) is 95.8 cm³/mol. The van der Waals surface area contributed by atoms with Crippen molar-refractivity contribution in [2.24, 2.45) is 5.92 Å². The topological polar surface area (TPSA) is 74.6 Å². The molecule has 24 heavy (non-hydrogen) atoms. The van der Waals surface area contributed by atoms with Gasteiger partial charge in [-0.1, -0.05) is 50.8 Å². The van der Waals surface area contributed by atoms with Crippen molar-refractivity contribution in [2.75, 3.05) is 0 Å². The molecule has 4 heteroatoms. The molecule has 0 saturated heterocycles. The van der Waals surface area contributed by atoms with Crippen molar-refractivity contribution in [2.45, 2.75) is 83.7 Å². The molecule has 0 aromatic rings. The predicted octanol–water partition coefficient (Wildman–Crippen LogP) is 4.42. The SMILES string of the molecule is CCCCCC/C=C/C1/C(=C\CCCCCC(=O)O)C(=O)C[C@@H]1O. The Labute approximate surface area is 145 Å². The molecular formula is C20H32O4. The van der Waals surface area contributed by atoms with Crippen LogP contribution in [-0.2, 0) is 9.59 Å². The number of ketones is 1. The first-order valence-electron chi connectivity index (χ1n) is 9.36. The molecule has 1 rings (SSSR count). The highest BCUT2D eigenvalue weighted by Crippen LogP contribution is 2.30. The number of aliphatic carboxylic acids is 1. The Morgan fingerprint density at radius 3 is 2.54 bits per heavy atom. The second kappa shape index (κ2) is 12.0. The highest BCUT2D eigenvalue weighted by molar-refractivity contribution is 5.99. The molecule has 0 amide bonds. The molecule has 1 unspecified atom stereocenters. The summed E-state index contributed by atoms with van der Waals surface area (Å²) >= 11 is 0. The van der Waals surface area contributed by atoms with Gasteiger partial charge in [0.05, 0.1) is 6.10 Å². The summed E-state index contributed by atoms with van der Waals surface area (Å²) in [5, 5.41) is 18.7. The van der Waals surface area contributed by atoms with Crippen LogP contribution in [0.15, 0.2) is 23.8 Å². The molecular weight excluding hydrogens is 304 g/mol. The van der Waals surface area contributed by atoms with Crippen molar-refractivity contribution >= 4 is 11.8 Å². The first kappa shape index (κ1) is 20.6.